The molecular formula is C21H24F3NO3. The van der Waals surface area contributed by atoms with Crippen LogP contribution in [0, 0.1) is 0 Å². The molecule has 2 N–H and O–H groups in total. The smallest absolute Gasteiger partial charge is 0.416 e. The summed E-state index contributed by atoms with van der Waals surface area (Å²) in [4.78, 5) is 12.5. The van der Waals surface area contributed by atoms with Crippen LogP contribution in [0.3, 0.4) is 0 Å². The van der Waals surface area contributed by atoms with Gasteiger partial charge in [0, 0.05) is 6.54 Å². The van der Waals surface area contributed by atoms with E-state index in [0.29, 0.717) is 6.42 Å². The molecule has 28 heavy (non-hydrogen) atoms. The number of benzene rings is 2. The fourth-order valence-electron chi connectivity index (χ4n) is 2.78. The lowest BCUT2D eigenvalue weighted by molar-refractivity contribution is -0.137. The summed E-state index contributed by atoms with van der Waals surface area (Å²) < 4.78 is 43.3. The van der Waals surface area contributed by atoms with E-state index in [1.165, 1.54) is 12.1 Å². The van der Waals surface area contributed by atoms with Gasteiger partial charge in [-0.2, -0.15) is 13.2 Å². The number of carbonyl (C=O) groups excluding carboxylic acids is 1. The predicted molar refractivity (Wildman–Crippen MR) is 100 cm³/mol. The summed E-state index contributed by atoms with van der Waals surface area (Å²) in [6.45, 7) is 1.71. The molecule has 2 rings (SSSR count). The molecule has 1 amide bonds. The molecule has 2 unspecified atom stereocenters. The highest BCUT2D eigenvalue weighted by atomic mass is 19.4. The lowest BCUT2D eigenvalue weighted by Gasteiger charge is -2.19. The van der Waals surface area contributed by atoms with Gasteiger partial charge in [0.2, 0.25) is 5.91 Å². The number of amides is 1. The quantitative estimate of drug-likeness (QED) is 0.671. The molecular weight excluding hydrogens is 371 g/mol. The Morgan fingerprint density at radius 2 is 1.86 bits per heavy atom. The Balaban J connectivity index is 1.86. The number of aliphatic hydroxyl groups excluding tert-OH is 1. The standard InChI is InChI=1S/C21H24F3NO3/c1-2-7-19(15-8-4-3-5-9-15)20(27)25-13-17(26)14-28-18-11-6-10-16(12-18)21(22,23)24/h3-6,8-12,17,19,26H,2,7,13-14H2,1H3,(H,25,27). The molecule has 0 saturated carbocycles. The van der Waals surface area contributed by atoms with Crippen molar-refractivity contribution in [3.8, 4) is 5.75 Å². The van der Waals surface area contributed by atoms with Crippen molar-refractivity contribution in [3.05, 3.63) is 65.7 Å². The molecule has 0 radical (unpaired) electrons. The van der Waals surface area contributed by atoms with E-state index < -0.39 is 17.8 Å². The van der Waals surface area contributed by atoms with Crippen molar-refractivity contribution in [3.63, 3.8) is 0 Å². The third kappa shape index (κ3) is 6.56. The first kappa shape index (κ1) is 21.8. The van der Waals surface area contributed by atoms with Crippen molar-refractivity contribution in [1.29, 1.82) is 0 Å². The Labute approximate surface area is 162 Å². The summed E-state index contributed by atoms with van der Waals surface area (Å²) in [6.07, 6.45) is -4.00. The van der Waals surface area contributed by atoms with E-state index in [1.54, 1.807) is 0 Å². The highest BCUT2D eigenvalue weighted by Gasteiger charge is 2.30. The number of ether oxygens (including phenoxy) is 1. The molecule has 0 spiro atoms. The van der Waals surface area contributed by atoms with Crippen molar-refractivity contribution in [2.45, 2.75) is 38.0 Å². The summed E-state index contributed by atoms with van der Waals surface area (Å²) >= 11 is 0. The van der Waals surface area contributed by atoms with Crippen LogP contribution in [0.5, 0.6) is 5.75 Å². The minimum absolute atomic E-state index is 0.00773. The fraction of sp³-hybridized carbons (Fsp3) is 0.381. The van der Waals surface area contributed by atoms with Gasteiger partial charge in [-0.25, -0.2) is 0 Å². The molecule has 152 valence electrons. The van der Waals surface area contributed by atoms with Crippen LogP contribution in [0.2, 0.25) is 0 Å². The molecule has 2 aromatic carbocycles. The second-order valence-corrected chi connectivity index (χ2v) is 6.49. The highest BCUT2D eigenvalue weighted by Crippen LogP contribution is 2.31. The van der Waals surface area contributed by atoms with Gasteiger partial charge in [0.15, 0.2) is 0 Å². The molecule has 0 aliphatic heterocycles. The van der Waals surface area contributed by atoms with E-state index in [-0.39, 0.29) is 30.7 Å². The van der Waals surface area contributed by atoms with Crippen LogP contribution in [0.15, 0.2) is 54.6 Å². The highest BCUT2D eigenvalue weighted by molar-refractivity contribution is 5.83. The first-order valence-corrected chi connectivity index (χ1v) is 9.12. The van der Waals surface area contributed by atoms with E-state index >= 15 is 0 Å². The normalized spacial score (nSPS) is 13.6. The van der Waals surface area contributed by atoms with E-state index in [2.05, 4.69) is 5.32 Å². The van der Waals surface area contributed by atoms with Gasteiger partial charge < -0.3 is 15.2 Å². The van der Waals surface area contributed by atoms with Crippen molar-refractivity contribution >= 4 is 5.91 Å². The van der Waals surface area contributed by atoms with E-state index in [4.69, 9.17) is 4.74 Å². The Hall–Kier alpha value is -2.54. The number of carbonyl (C=O) groups is 1. The van der Waals surface area contributed by atoms with Crippen LogP contribution in [0.25, 0.3) is 0 Å². The number of aliphatic hydroxyl groups is 1. The largest absolute Gasteiger partial charge is 0.491 e. The lowest BCUT2D eigenvalue weighted by Crippen LogP contribution is -2.37. The van der Waals surface area contributed by atoms with Crippen LogP contribution in [-0.4, -0.2) is 30.3 Å². The molecule has 7 heteroatoms. The first-order chi connectivity index (χ1) is 13.3. The van der Waals surface area contributed by atoms with Gasteiger partial charge in [0.1, 0.15) is 18.5 Å². The maximum atomic E-state index is 12.7. The fourth-order valence-corrected chi connectivity index (χ4v) is 2.78. The maximum absolute atomic E-state index is 12.7. The Morgan fingerprint density at radius 3 is 2.50 bits per heavy atom. The van der Waals surface area contributed by atoms with E-state index in [9.17, 15) is 23.1 Å². The minimum Gasteiger partial charge on any atom is -0.491 e. The predicted octanol–water partition coefficient (Wildman–Crippen LogP) is 4.15. The minimum atomic E-state index is -4.46. The third-order valence-electron chi connectivity index (χ3n) is 4.21. The van der Waals surface area contributed by atoms with Crippen LogP contribution in [0.4, 0.5) is 13.2 Å². The Morgan fingerprint density at radius 1 is 1.14 bits per heavy atom. The summed E-state index contributed by atoms with van der Waals surface area (Å²) in [7, 11) is 0. The molecule has 4 nitrogen and oxygen atoms in total. The van der Waals surface area contributed by atoms with Gasteiger partial charge >= 0.3 is 6.18 Å². The number of alkyl halides is 3. The van der Waals surface area contributed by atoms with Crippen molar-refractivity contribution in [2.24, 2.45) is 0 Å². The maximum Gasteiger partial charge on any atom is 0.416 e. The molecule has 0 saturated heterocycles. The molecule has 0 bridgehead atoms. The van der Waals surface area contributed by atoms with Crippen molar-refractivity contribution < 1.29 is 27.8 Å². The number of halogens is 3. The van der Waals surface area contributed by atoms with Crippen LogP contribution in [-0.2, 0) is 11.0 Å². The number of hydrogen-bond donors (Lipinski definition) is 2. The molecule has 0 aromatic heterocycles. The number of rotatable bonds is 9. The number of hydrogen-bond acceptors (Lipinski definition) is 3. The molecule has 0 aliphatic carbocycles. The average molecular weight is 395 g/mol. The van der Waals surface area contributed by atoms with Crippen molar-refractivity contribution in [2.75, 3.05) is 13.2 Å². The zero-order chi connectivity index (χ0) is 20.6. The van der Waals surface area contributed by atoms with Gasteiger partial charge in [0.25, 0.3) is 0 Å². The molecule has 0 aliphatic rings. The molecule has 0 fully saturated rings. The molecule has 2 aromatic rings. The van der Waals surface area contributed by atoms with E-state index in [1.807, 2.05) is 37.3 Å². The van der Waals surface area contributed by atoms with Gasteiger partial charge in [-0.3, -0.25) is 4.79 Å². The second-order valence-electron chi connectivity index (χ2n) is 6.49. The topological polar surface area (TPSA) is 58.6 Å². The lowest BCUT2D eigenvalue weighted by atomic mass is 9.93. The SMILES string of the molecule is CCCC(C(=O)NCC(O)COc1cccc(C(F)(F)F)c1)c1ccccc1. The molecule has 2 atom stereocenters. The van der Waals surface area contributed by atoms with Gasteiger partial charge in [-0.05, 0) is 30.2 Å². The van der Waals surface area contributed by atoms with Crippen molar-refractivity contribution in [1.82, 2.24) is 5.32 Å². The Bertz CT molecular complexity index is 750. The van der Waals surface area contributed by atoms with Crippen LogP contribution in [0.1, 0.15) is 36.8 Å². The van der Waals surface area contributed by atoms with Gasteiger partial charge in [0.05, 0.1) is 11.5 Å². The summed E-state index contributed by atoms with van der Waals surface area (Å²) in [5.74, 6) is -0.512. The second kappa shape index (κ2) is 10.1. The zero-order valence-electron chi connectivity index (χ0n) is 15.6. The summed E-state index contributed by atoms with van der Waals surface area (Å²) in [5.41, 5.74) is 0.0783. The summed E-state index contributed by atoms with van der Waals surface area (Å²) in [6, 6.07) is 13.8. The van der Waals surface area contributed by atoms with E-state index in [0.717, 1.165) is 24.1 Å². The average Bonchev–Trinajstić information content (AvgIpc) is 2.69. The molecule has 0 heterocycles. The Kier molecular flexibility index (Phi) is 7.87. The number of nitrogens with one attached hydrogen (secondary N) is 1. The monoisotopic (exact) mass is 395 g/mol. The van der Waals surface area contributed by atoms with Gasteiger partial charge in [-0.1, -0.05) is 49.7 Å². The zero-order valence-corrected chi connectivity index (χ0v) is 15.6. The third-order valence-corrected chi connectivity index (χ3v) is 4.21. The van der Waals surface area contributed by atoms with Crippen LogP contribution >= 0.6 is 0 Å². The van der Waals surface area contributed by atoms with Gasteiger partial charge in [-0.15, -0.1) is 0 Å². The van der Waals surface area contributed by atoms with Crippen LogP contribution < -0.4 is 10.1 Å². The first-order valence-electron chi connectivity index (χ1n) is 9.12. The summed E-state index contributed by atoms with van der Waals surface area (Å²) in [5, 5.41) is 12.7.